The fraction of sp³-hybridized carbons (Fsp3) is 0.525. The second-order valence-corrected chi connectivity index (χ2v) is 16.8. The van der Waals surface area contributed by atoms with Crippen molar-refractivity contribution in [2.24, 2.45) is 17.6 Å². The molecule has 312 valence electrons. The number of amides is 5. The summed E-state index contributed by atoms with van der Waals surface area (Å²) < 4.78 is 28.3. The van der Waals surface area contributed by atoms with Crippen molar-refractivity contribution in [3.05, 3.63) is 54.1 Å². The Morgan fingerprint density at radius 1 is 0.912 bits per heavy atom. The second-order valence-electron chi connectivity index (χ2n) is 15.1. The summed E-state index contributed by atoms with van der Waals surface area (Å²) >= 11 is 0. The van der Waals surface area contributed by atoms with Crippen LogP contribution in [-0.4, -0.2) is 108 Å². The fourth-order valence-electron chi connectivity index (χ4n) is 6.84. The average molecular weight is 813 g/mol. The minimum absolute atomic E-state index is 0.0142. The van der Waals surface area contributed by atoms with E-state index in [-0.39, 0.29) is 47.3 Å². The molecule has 1 saturated heterocycles. The molecule has 2 aromatic rings. The van der Waals surface area contributed by atoms with E-state index in [1.807, 2.05) is 32.4 Å². The van der Waals surface area contributed by atoms with Crippen molar-refractivity contribution < 1.29 is 47.1 Å². The van der Waals surface area contributed by atoms with Crippen molar-refractivity contribution in [2.45, 2.75) is 115 Å². The molecule has 0 saturated carbocycles. The maximum absolute atomic E-state index is 14.0. The van der Waals surface area contributed by atoms with Gasteiger partial charge in [0.05, 0.1) is 11.3 Å². The molecule has 1 aliphatic heterocycles. The molecule has 1 fully saturated rings. The smallest absolute Gasteiger partial charge is 0.322 e. The number of primary amides is 1. The zero-order valence-corrected chi connectivity index (χ0v) is 34.4. The van der Waals surface area contributed by atoms with Gasteiger partial charge < -0.3 is 31.3 Å². The maximum Gasteiger partial charge on any atom is 0.322 e. The monoisotopic (exact) mass is 812 g/mol. The average Bonchev–Trinajstić information content (AvgIpc) is 3.60. The van der Waals surface area contributed by atoms with E-state index in [0.29, 0.717) is 36.9 Å². The molecule has 3 rings (SSSR count). The minimum Gasteiger partial charge on any atom is -0.480 e. The van der Waals surface area contributed by atoms with Crippen LogP contribution in [0.4, 0.5) is 0 Å². The van der Waals surface area contributed by atoms with Gasteiger partial charge in [0.15, 0.2) is 5.78 Å². The first-order valence-electron chi connectivity index (χ1n) is 19.1. The fourth-order valence-corrected chi connectivity index (χ4v) is 8.03. The summed E-state index contributed by atoms with van der Waals surface area (Å²) in [4.78, 5) is 92.4. The number of carbonyl (C=O) groups excluding carboxylic acids is 6. The quantitative estimate of drug-likeness (QED) is 0.122. The van der Waals surface area contributed by atoms with E-state index in [1.165, 1.54) is 50.1 Å². The highest BCUT2D eigenvalue weighted by molar-refractivity contribution is 7.89. The van der Waals surface area contributed by atoms with Crippen molar-refractivity contribution in [1.82, 2.24) is 25.2 Å². The van der Waals surface area contributed by atoms with Gasteiger partial charge in [0.25, 0.3) is 0 Å². The highest BCUT2D eigenvalue weighted by Crippen LogP contribution is 2.26. The molecule has 17 heteroatoms. The van der Waals surface area contributed by atoms with Gasteiger partial charge in [0, 0.05) is 31.6 Å². The van der Waals surface area contributed by atoms with Crippen molar-refractivity contribution >= 4 is 51.3 Å². The molecule has 5 amide bonds. The molecule has 0 unspecified atom stereocenters. The number of hydrogen-bond donors (Lipinski definition) is 5. The zero-order chi connectivity index (χ0) is 42.8. The van der Waals surface area contributed by atoms with E-state index in [4.69, 9.17) is 5.73 Å². The van der Waals surface area contributed by atoms with Gasteiger partial charge in [-0.1, -0.05) is 70.5 Å². The number of nitrogens with two attached hydrogens (primary N) is 1. The van der Waals surface area contributed by atoms with E-state index >= 15 is 0 Å². The zero-order valence-electron chi connectivity index (χ0n) is 33.6. The Kier molecular flexibility index (Phi) is 16.5. The third-order valence-electron chi connectivity index (χ3n) is 10.2. The normalized spacial score (nSPS) is 16.8. The lowest BCUT2D eigenvalue weighted by Crippen LogP contribution is -2.59. The largest absolute Gasteiger partial charge is 0.480 e. The second kappa shape index (κ2) is 20.3. The number of nitrogens with one attached hydrogen (secondary N) is 3. The van der Waals surface area contributed by atoms with Gasteiger partial charge in [-0.3, -0.25) is 33.6 Å². The number of benzene rings is 2. The van der Waals surface area contributed by atoms with E-state index in [0.717, 1.165) is 5.56 Å². The number of Topliss-reactive ketones (excluding diaryl/α,β-unsaturated/α-hetero) is 1. The molecule has 6 N–H and O–H groups in total. The molecule has 1 heterocycles. The number of likely N-dealkylation sites (tertiary alicyclic amines) is 1. The van der Waals surface area contributed by atoms with E-state index < -0.39 is 70.2 Å². The standard InChI is InChI=1S/C40H56N6O10S/c1-8-24(4)36(39(52)46-19-9-10-30(46)21-34(41)48)45(7)38(51)32(20-23(2)3)43-37(50)25(5)42-35(49)22-33(40(53)54)44-57(55,56)31-17-15-29(16-18-31)28-13-11-27(12-14-28)26(6)47/h11-18,23-25,30,32-33,36,44H,8-10,19-22H2,1-7H3,(H2,41,48)(H,42,49)(H,43,50)(H,53,54)/t24-,25-,30-,32-,33+,36-/m0/s1. The lowest BCUT2D eigenvalue weighted by molar-refractivity contribution is -0.149. The third-order valence-corrected chi connectivity index (χ3v) is 11.7. The summed E-state index contributed by atoms with van der Waals surface area (Å²) in [6, 6.07) is 6.82. The third kappa shape index (κ3) is 12.7. The summed E-state index contributed by atoms with van der Waals surface area (Å²) in [5.74, 6) is -5.14. The molecular weight excluding hydrogens is 757 g/mol. The Bertz CT molecular complexity index is 1900. The lowest BCUT2D eigenvalue weighted by atomic mass is 9.94. The molecule has 0 aromatic heterocycles. The first kappa shape index (κ1) is 46.2. The summed E-state index contributed by atoms with van der Waals surface area (Å²) in [6.07, 6.45) is 1.23. The van der Waals surface area contributed by atoms with Gasteiger partial charge in [0.1, 0.15) is 24.2 Å². The molecule has 2 aromatic carbocycles. The number of likely N-dealkylation sites (N-methyl/N-ethyl adjacent to an activating group) is 1. The Morgan fingerprint density at radius 2 is 1.49 bits per heavy atom. The first-order valence-corrected chi connectivity index (χ1v) is 20.6. The topological polar surface area (TPSA) is 242 Å². The van der Waals surface area contributed by atoms with Crippen molar-refractivity contribution in [3.63, 3.8) is 0 Å². The first-order chi connectivity index (χ1) is 26.7. The van der Waals surface area contributed by atoms with Crippen LogP contribution >= 0.6 is 0 Å². The molecule has 0 aliphatic carbocycles. The van der Waals surface area contributed by atoms with E-state index in [9.17, 15) is 47.1 Å². The number of aliphatic carboxylic acids is 1. The Morgan fingerprint density at radius 3 is 2.00 bits per heavy atom. The molecule has 57 heavy (non-hydrogen) atoms. The van der Waals surface area contributed by atoms with Crippen LogP contribution in [0.25, 0.3) is 11.1 Å². The number of carboxylic acid groups (broad SMARTS) is 1. The van der Waals surface area contributed by atoms with Crippen molar-refractivity contribution in [2.75, 3.05) is 13.6 Å². The number of carboxylic acids is 1. The van der Waals surface area contributed by atoms with Gasteiger partial charge in [-0.05, 0) is 68.2 Å². The predicted molar refractivity (Wildman–Crippen MR) is 212 cm³/mol. The molecule has 6 atom stereocenters. The van der Waals surface area contributed by atoms with Crippen LogP contribution in [0, 0.1) is 11.8 Å². The van der Waals surface area contributed by atoms with Crippen molar-refractivity contribution in [3.8, 4) is 11.1 Å². The highest BCUT2D eigenvalue weighted by Gasteiger charge is 2.41. The number of ketones is 1. The number of nitrogens with zero attached hydrogens (tertiary/aromatic N) is 2. The maximum atomic E-state index is 14.0. The number of carbonyl (C=O) groups is 7. The summed E-state index contributed by atoms with van der Waals surface area (Å²) in [7, 11) is -2.92. The molecular formula is C40H56N6O10S. The number of hydrogen-bond acceptors (Lipinski definition) is 9. The Labute approximate surface area is 334 Å². The van der Waals surface area contributed by atoms with E-state index in [1.54, 1.807) is 29.2 Å². The van der Waals surface area contributed by atoms with Crippen LogP contribution < -0.4 is 21.1 Å². The number of sulfonamides is 1. The Hall–Kier alpha value is -5.16. The lowest BCUT2D eigenvalue weighted by Gasteiger charge is -2.38. The number of rotatable bonds is 20. The molecule has 16 nitrogen and oxygen atoms in total. The summed E-state index contributed by atoms with van der Waals surface area (Å²) in [5, 5.41) is 14.9. The summed E-state index contributed by atoms with van der Waals surface area (Å²) in [5.41, 5.74) is 7.33. The predicted octanol–water partition coefficient (Wildman–Crippen LogP) is 2.45. The molecule has 0 radical (unpaired) electrons. The molecule has 0 spiro atoms. The Balaban J connectivity index is 1.68. The summed E-state index contributed by atoms with van der Waals surface area (Å²) in [6.45, 7) is 10.6. The van der Waals surface area contributed by atoms with Gasteiger partial charge in [-0.25, -0.2) is 8.42 Å². The van der Waals surface area contributed by atoms with Crippen LogP contribution in [0.5, 0.6) is 0 Å². The SMILES string of the molecule is CC[C@H](C)[C@@H](C(=O)N1CCC[C@H]1CC(N)=O)N(C)C(=O)[C@H](CC(C)C)NC(=O)[C@H](C)NC(=O)C[C@@H](NS(=O)(=O)c1ccc(-c2ccc(C(C)=O)cc2)cc1)C(=O)O. The van der Waals surface area contributed by atoms with Gasteiger partial charge in [0.2, 0.25) is 39.6 Å². The molecule has 1 aliphatic rings. The van der Waals surface area contributed by atoms with E-state index in [2.05, 4.69) is 10.6 Å². The van der Waals surface area contributed by atoms with Crippen LogP contribution in [0.1, 0.15) is 90.4 Å². The minimum atomic E-state index is -4.42. The van der Waals surface area contributed by atoms with Crippen LogP contribution in [0.15, 0.2) is 53.4 Å². The van der Waals surface area contributed by atoms with Crippen LogP contribution in [0.3, 0.4) is 0 Å². The van der Waals surface area contributed by atoms with Gasteiger partial charge in [-0.15, -0.1) is 0 Å². The van der Waals surface area contributed by atoms with Gasteiger partial charge >= 0.3 is 5.97 Å². The van der Waals surface area contributed by atoms with Crippen LogP contribution in [0.2, 0.25) is 0 Å². The highest BCUT2D eigenvalue weighted by atomic mass is 32.2. The van der Waals surface area contributed by atoms with Crippen LogP contribution in [-0.2, 0) is 38.8 Å². The van der Waals surface area contributed by atoms with Crippen molar-refractivity contribution in [1.29, 1.82) is 0 Å². The molecule has 0 bridgehead atoms. The van der Waals surface area contributed by atoms with Gasteiger partial charge in [-0.2, -0.15) is 4.72 Å².